The number of carbonyl (C=O) groups is 2. The van der Waals surface area contributed by atoms with Gasteiger partial charge in [-0.2, -0.15) is 5.10 Å². The molecule has 0 spiro atoms. The van der Waals surface area contributed by atoms with Crippen LogP contribution in [0.1, 0.15) is 18.7 Å². The van der Waals surface area contributed by atoms with Gasteiger partial charge in [0.25, 0.3) is 5.91 Å². The van der Waals surface area contributed by atoms with Gasteiger partial charge in [-0.25, -0.2) is 4.98 Å². The second-order valence-corrected chi connectivity index (χ2v) is 7.19. The van der Waals surface area contributed by atoms with Crippen LogP contribution in [0.3, 0.4) is 0 Å². The highest BCUT2D eigenvalue weighted by molar-refractivity contribution is 5.94. The van der Waals surface area contributed by atoms with Gasteiger partial charge in [0.15, 0.2) is 12.4 Å². The Morgan fingerprint density at radius 2 is 1.94 bits per heavy atom. The molecular weight excluding hydrogens is 398 g/mol. The van der Waals surface area contributed by atoms with Crippen molar-refractivity contribution in [2.75, 3.05) is 19.0 Å². The number of rotatable bonds is 9. The minimum atomic E-state index is -0.296. The largest absolute Gasteiger partial charge is 0.497 e. The molecule has 160 valence electrons. The first-order valence-corrected chi connectivity index (χ1v) is 9.97. The van der Waals surface area contributed by atoms with E-state index in [1.54, 1.807) is 31.4 Å². The lowest BCUT2D eigenvalue weighted by molar-refractivity contribution is -0.123. The zero-order chi connectivity index (χ0) is 21.6. The second-order valence-electron chi connectivity index (χ2n) is 7.19. The highest BCUT2D eigenvalue weighted by Gasteiger charge is 2.29. The van der Waals surface area contributed by atoms with Crippen LogP contribution in [-0.4, -0.2) is 40.7 Å². The van der Waals surface area contributed by atoms with Gasteiger partial charge < -0.3 is 20.1 Å². The maximum Gasteiger partial charge on any atom is 0.258 e. The maximum atomic E-state index is 12.1. The fourth-order valence-corrected chi connectivity index (χ4v) is 2.88. The van der Waals surface area contributed by atoms with Gasteiger partial charge in [-0.15, -0.1) is 0 Å². The highest BCUT2D eigenvalue weighted by Crippen LogP contribution is 2.30. The molecule has 4 rings (SSSR count). The Hall–Kier alpha value is -3.88. The number of aromatic amines is 1. The van der Waals surface area contributed by atoms with E-state index < -0.39 is 0 Å². The van der Waals surface area contributed by atoms with Gasteiger partial charge in [-0.1, -0.05) is 6.07 Å². The number of nitrogens with one attached hydrogen (secondary N) is 3. The number of ether oxygens (including phenoxy) is 2. The first-order valence-electron chi connectivity index (χ1n) is 9.97. The number of nitrogens with zero attached hydrogens (tertiary/aromatic N) is 2. The lowest BCUT2D eigenvalue weighted by atomic mass is 10.2. The van der Waals surface area contributed by atoms with E-state index in [1.807, 2.05) is 24.3 Å². The highest BCUT2D eigenvalue weighted by atomic mass is 16.5. The quantitative estimate of drug-likeness (QED) is 0.489. The fourth-order valence-electron chi connectivity index (χ4n) is 2.88. The molecule has 1 heterocycles. The van der Waals surface area contributed by atoms with Crippen LogP contribution in [-0.2, 0) is 16.1 Å². The Bertz CT molecular complexity index is 1060. The van der Waals surface area contributed by atoms with E-state index in [0.29, 0.717) is 23.1 Å². The van der Waals surface area contributed by atoms with Crippen LogP contribution in [0.2, 0.25) is 0 Å². The molecule has 3 N–H and O–H groups in total. The van der Waals surface area contributed by atoms with Crippen molar-refractivity contribution in [3.8, 4) is 22.9 Å². The van der Waals surface area contributed by atoms with E-state index in [2.05, 4.69) is 25.8 Å². The van der Waals surface area contributed by atoms with Crippen LogP contribution in [0.4, 0.5) is 5.69 Å². The number of hydrogen-bond donors (Lipinski definition) is 3. The summed E-state index contributed by atoms with van der Waals surface area (Å²) in [5.74, 6) is 2.17. The molecule has 9 nitrogen and oxygen atoms in total. The number of hydrogen-bond acceptors (Lipinski definition) is 6. The second kappa shape index (κ2) is 9.29. The third-order valence-electron chi connectivity index (χ3n) is 4.75. The molecule has 1 aliphatic carbocycles. The topological polar surface area (TPSA) is 118 Å². The van der Waals surface area contributed by atoms with Crippen LogP contribution in [0, 0.1) is 5.92 Å². The summed E-state index contributed by atoms with van der Waals surface area (Å²) in [6.07, 6.45) is 1.88. The fraction of sp³-hybridized carbons (Fsp3) is 0.273. The third kappa shape index (κ3) is 5.59. The zero-order valence-electron chi connectivity index (χ0n) is 17.1. The molecule has 0 aliphatic heterocycles. The molecule has 1 aromatic heterocycles. The van der Waals surface area contributed by atoms with Crippen LogP contribution >= 0.6 is 0 Å². The van der Waals surface area contributed by atoms with Crippen molar-refractivity contribution in [3.05, 3.63) is 54.4 Å². The Kier molecular flexibility index (Phi) is 6.11. The summed E-state index contributed by atoms with van der Waals surface area (Å²) in [6.45, 7) is 0.0440. The molecule has 0 unspecified atom stereocenters. The lowest BCUT2D eigenvalue weighted by Gasteiger charge is -2.09. The Labute approximate surface area is 179 Å². The van der Waals surface area contributed by atoms with Crippen LogP contribution < -0.4 is 20.1 Å². The van der Waals surface area contributed by atoms with Gasteiger partial charge in [0.2, 0.25) is 5.91 Å². The van der Waals surface area contributed by atoms with E-state index >= 15 is 0 Å². The van der Waals surface area contributed by atoms with Crippen LogP contribution in [0.25, 0.3) is 11.4 Å². The van der Waals surface area contributed by atoms with Crippen LogP contribution in [0.5, 0.6) is 11.5 Å². The summed E-state index contributed by atoms with van der Waals surface area (Å²) < 4.78 is 10.7. The van der Waals surface area contributed by atoms with Crippen molar-refractivity contribution in [3.63, 3.8) is 0 Å². The van der Waals surface area contributed by atoms with Crippen molar-refractivity contribution in [2.24, 2.45) is 5.92 Å². The average Bonchev–Trinajstić information content (AvgIpc) is 3.55. The first-order chi connectivity index (χ1) is 15.1. The summed E-state index contributed by atoms with van der Waals surface area (Å²) in [5.41, 5.74) is 1.49. The van der Waals surface area contributed by atoms with Gasteiger partial charge in [-0.05, 0) is 49.2 Å². The number of amides is 2. The van der Waals surface area contributed by atoms with Crippen molar-refractivity contribution in [1.29, 1.82) is 0 Å². The van der Waals surface area contributed by atoms with E-state index in [-0.39, 0.29) is 30.9 Å². The molecule has 3 aromatic rings. The summed E-state index contributed by atoms with van der Waals surface area (Å²) in [5, 5.41) is 12.6. The van der Waals surface area contributed by atoms with Crippen molar-refractivity contribution in [2.45, 2.75) is 19.4 Å². The molecule has 0 atom stereocenters. The molecule has 1 fully saturated rings. The van der Waals surface area contributed by atoms with Crippen molar-refractivity contribution >= 4 is 17.5 Å². The van der Waals surface area contributed by atoms with E-state index in [1.165, 1.54) is 0 Å². The van der Waals surface area contributed by atoms with E-state index in [4.69, 9.17) is 9.47 Å². The molecule has 2 amide bonds. The van der Waals surface area contributed by atoms with Gasteiger partial charge in [0, 0.05) is 23.2 Å². The molecule has 1 aliphatic rings. The summed E-state index contributed by atoms with van der Waals surface area (Å²) in [6, 6.07) is 14.4. The maximum absolute atomic E-state index is 12.1. The predicted octanol–water partition coefficient (Wildman–Crippen LogP) is 2.52. The monoisotopic (exact) mass is 421 g/mol. The van der Waals surface area contributed by atoms with Gasteiger partial charge >= 0.3 is 0 Å². The minimum Gasteiger partial charge on any atom is -0.497 e. The average molecular weight is 421 g/mol. The molecule has 0 saturated heterocycles. The van der Waals surface area contributed by atoms with Gasteiger partial charge in [0.1, 0.15) is 17.3 Å². The Morgan fingerprint density at radius 1 is 1.13 bits per heavy atom. The zero-order valence-corrected chi connectivity index (χ0v) is 17.1. The van der Waals surface area contributed by atoms with Gasteiger partial charge in [-0.3, -0.25) is 14.7 Å². The molecule has 0 radical (unpaired) electrons. The standard InChI is InChI=1S/C22H23N5O4/c1-30-17-9-7-14(8-10-17)21-25-19(26-27-21)12-23-20(28)13-31-18-4-2-3-16(11-18)24-22(29)15-5-6-15/h2-4,7-11,15H,5-6,12-13H2,1H3,(H,23,28)(H,24,29)(H,25,26,27). The normalized spacial score (nSPS) is 12.8. The number of benzene rings is 2. The number of methoxy groups -OCH3 is 1. The number of carbonyl (C=O) groups excluding carboxylic acids is 2. The smallest absolute Gasteiger partial charge is 0.258 e. The Morgan fingerprint density at radius 3 is 2.68 bits per heavy atom. The lowest BCUT2D eigenvalue weighted by Crippen LogP contribution is -2.28. The molecular formula is C22H23N5O4. The SMILES string of the molecule is COc1ccc(-c2n[nH]c(CNC(=O)COc3cccc(NC(=O)C4CC4)c3)n2)cc1. The molecule has 0 bridgehead atoms. The van der Waals surface area contributed by atoms with Crippen molar-refractivity contribution in [1.82, 2.24) is 20.5 Å². The molecule has 1 saturated carbocycles. The number of H-pyrrole nitrogens is 1. The third-order valence-corrected chi connectivity index (χ3v) is 4.75. The number of aromatic nitrogens is 3. The van der Waals surface area contributed by atoms with E-state index in [9.17, 15) is 9.59 Å². The summed E-state index contributed by atoms with van der Waals surface area (Å²) in [4.78, 5) is 28.4. The molecule has 2 aromatic carbocycles. The van der Waals surface area contributed by atoms with Crippen molar-refractivity contribution < 1.29 is 19.1 Å². The number of anilines is 1. The van der Waals surface area contributed by atoms with Gasteiger partial charge in [0.05, 0.1) is 13.7 Å². The first kappa shape index (κ1) is 20.4. The minimum absolute atomic E-state index is 0.0240. The van der Waals surface area contributed by atoms with Crippen LogP contribution in [0.15, 0.2) is 48.5 Å². The predicted molar refractivity (Wildman–Crippen MR) is 114 cm³/mol. The van der Waals surface area contributed by atoms with E-state index in [0.717, 1.165) is 24.2 Å². The molecule has 9 heteroatoms. The summed E-state index contributed by atoms with van der Waals surface area (Å²) in [7, 11) is 1.61. The summed E-state index contributed by atoms with van der Waals surface area (Å²) >= 11 is 0. The molecule has 31 heavy (non-hydrogen) atoms. The Balaban J connectivity index is 1.24.